The van der Waals surface area contributed by atoms with Crippen LogP contribution in [0.4, 0.5) is 0 Å². The Hall–Kier alpha value is -0.960. The van der Waals surface area contributed by atoms with Crippen molar-refractivity contribution in [2.45, 2.75) is 26.7 Å². The van der Waals surface area contributed by atoms with E-state index in [4.69, 9.17) is 17.3 Å². The van der Waals surface area contributed by atoms with Gasteiger partial charge in [0.15, 0.2) is 0 Å². The molecule has 0 radical (unpaired) electrons. The number of carbonyl (C=O) groups is 1. The van der Waals surface area contributed by atoms with Crippen molar-refractivity contribution >= 4 is 23.1 Å². The summed E-state index contributed by atoms with van der Waals surface area (Å²) in [5, 5.41) is 8.97. The standard InChI is InChI=1S/C11H14O2S/c1-11(2,10(12)13)7-8-5-3-4-6-9(8)14/h3-5H,6-7H2,1-2H3,(H,12,13). The first-order chi connectivity index (χ1) is 6.43. The van der Waals surface area contributed by atoms with Gasteiger partial charge in [0.25, 0.3) is 0 Å². The van der Waals surface area contributed by atoms with Crippen LogP contribution in [0.25, 0.3) is 0 Å². The molecule has 1 aliphatic rings. The molecule has 3 heteroatoms. The highest BCUT2D eigenvalue weighted by atomic mass is 32.1. The second kappa shape index (κ2) is 4.05. The summed E-state index contributed by atoms with van der Waals surface area (Å²) in [5.74, 6) is -0.782. The van der Waals surface area contributed by atoms with Crippen LogP contribution in [0, 0.1) is 5.41 Å². The molecule has 0 saturated carbocycles. The molecule has 1 rings (SSSR count). The lowest BCUT2D eigenvalue weighted by molar-refractivity contribution is -0.146. The van der Waals surface area contributed by atoms with Gasteiger partial charge in [-0.15, -0.1) is 0 Å². The molecule has 0 aromatic heterocycles. The first kappa shape index (κ1) is 11.1. The number of allylic oxidation sites excluding steroid dienone is 4. The van der Waals surface area contributed by atoms with Crippen LogP contribution in [0.5, 0.6) is 0 Å². The number of hydrogen-bond donors (Lipinski definition) is 1. The summed E-state index contributed by atoms with van der Waals surface area (Å²) in [6, 6.07) is 0. The average molecular weight is 210 g/mol. The number of thiocarbonyl (C=S) groups is 1. The van der Waals surface area contributed by atoms with E-state index in [1.807, 2.05) is 18.2 Å². The molecule has 0 bridgehead atoms. The molecule has 1 N–H and O–H groups in total. The molecule has 0 fully saturated rings. The zero-order valence-corrected chi connectivity index (χ0v) is 9.23. The molecule has 0 atom stereocenters. The molecule has 0 heterocycles. The molecular formula is C11H14O2S. The largest absolute Gasteiger partial charge is 0.481 e. The van der Waals surface area contributed by atoms with E-state index in [1.165, 1.54) is 0 Å². The predicted molar refractivity (Wildman–Crippen MR) is 60.5 cm³/mol. The third-order valence-corrected chi connectivity index (χ3v) is 2.74. The van der Waals surface area contributed by atoms with Crippen molar-refractivity contribution in [2.75, 3.05) is 0 Å². The molecule has 0 aromatic carbocycles. The summed E-state index contributed by atoms with van der Waals surface area (Å²) < 4.78 is 0. The summed E-state index contributed by atoms with van der Waals surface area (Å²) in [7, 11) is 0. The lowest BCUT2D eigenvalue weighted by atomic mass is 9.83. The van der Waals surface area contributed by atoms with Crippen LogP contribution in [0.2, 0.25) is 0 Å². The fraction of sp³-hybridized carbons (Fsp3) is 0.455. The minimum absolute atomic E-state index is 0.505. The summed E-state index contributed by atoms with van der Waals surface area (Å²) in [6.45, 7) is 3.44. The van der Waals surface area contributed by atoms with Crippen molar-refractivity contribution in [1.29, 1.82) is 0 Å². The topological polar surface area (TPSA) is 37.3 Å². The second-order valence-corrected chi connectivity index (χ2v) is 4.61. The maximum atomic E-state index is 10.9. The van der Waals surface area contributed by atoms with Crippen molar-refractivity contribution in [1.82, 2.24) is 0 Å². The fourth-order valence-electron chi connectivity index (χ4n) is 1.29. The molecule has 0 saturated heterocycles. The van der Waals surface area contributed by atoms with Crippen LogP contribution >= 0.6 is 12.2 Å². The van der Waals surface area contributed by atoms with Crippen LogP contribution in [0.15, 0.2) is 23.8 Å². The zero-order chi connectivity index (χ0) is 10.8. The van der Waals surface area contributed by atoms with Crippen LogP contribution in [0.1, 0.15) is 26.7 Å². The SMILES string of the molecule is CC(C)(CC1=CC=CCC1=S)C(=O)O. The van der Waals surface area contributed by atoms with E-state index in [0.717, 1.165) is 16.9 Å². The van der Waals surface area contributed by atoms with E-state index in [9.17, 15) is 4.79 Å². The van der Waals surface area contributed by atoms with Gasteiger partial charge < -0.3 is 5.11 Å². The zero-order valence-electron chi connectivity index (χ0n) is 8.41. The number of carboxylic acids is 1. The van der Waals surface area contributed by atoms with Gasteiger partial charge >= 0.3 is 5.97 Å². The van der Waals surface area contributed by atoms with Crippen LogP contribution in [-0.2, 0) is 4.79 Å². The fourth-order valence-corrected chi connectivity index (χ4v) is 1.53. The second-order valence-electron chi connectivity index (χ2n) is 4.11. The molecule has 0 aliphatic heterocycles. The lowest BCUT2D eigenvalue weighted by Crippen LogP contribution is -2.25. The monoisotopic (exact) mass is 210 g/mol. The third kappa shape index (κ3) is 2.51. The quantitative estimate of drug-likeness (QED) is 0.728. The van der Waals surface area contributed by atoms with E-state index >= 15 is 0 Å². The van der Waals surface area contributed by atoms with Gasteiger partial charge in [-0.05, 0) is 25.8 Å². The number of hydrogen-bond acceptors (Lipinski definition) is 2. The maximum absolute atomic E-state index is 10.9. The van der Waals surface area contributed by atoms with Gasteiger partial charge in [-0.3, -0.25) is 4.79 Å². The Balaban J connectivity index is 2.77. The van der Waals surface area contributed by atoms with Crippen molar-refractivity contribution < 1.29 is 9.90 Å². The molecule has 0 spiro atoms. The van der Waals surface area contributed by atoms with E-state index in [0.29, 0.717) is 6.42 Å². The van der Waals surface area contributed by atoms with Gasteiger partial charge in [-0.2, -0.15) is 0 Å². The maximum Gasteiger partial charge on any atom is 0.309 e. The minimum Gasteiger partial charge on any atom is -0.481 e. The molecular weight excluding hydrogens is 196 g/mol. The van der Waals surface area contributed by atoms with Gasteiger partial charge in [-0.1, -0.05) is 30.4 Å². The molecule has 0 amide bonds. The first-order valence-corrected chi connectivity index (χ1v) is 4.96. The van der Waals surface area contributed by atoms with Crippen molar-refractivity contribution in [2.24, 2.45) is 5.41 Å². The van der Waals surface area contributed by atoms with Gasteiger partial charge in [0.1, 0.15) is 0 Å². The molecule has 14 heavy (non-hydrogen) atoms. The van der Waals surface area contributed by atoms with Gasteiger partial charge in [-0.25, -0.2) is 0 Å². The smallest absolute Gasteiger partial charge is 0.309 e. The van der Waals surface area contributed by atoms with Crippen molar-refractivity contribution in [3.63, 3.8) is 0 Å². The molecule has 1 aliphatic carbocycles. The van der Waals surface area contributed by atoms with Gasteiger partial charge in [0, 0.05) is 11.3 Å². The van der Waals surface area contributed by atoms with Crippen LogP contribution in [-0.4, -0.2) is 15.9 Å². The minimum atomic E-state index is -0.782. The summed E-state index contributed by atoms with van der Waals surface area (Å²) >= 11 is 5.17. The first-order valence-electron chi connectivity index (χ1n) is 4.56. The highest BCUT2D eigenvalue weighted by Crippen LogP contribution is 2.28. The lowest BCUT2D eigenvalue weighted by Gasteiger charge is -2.22. The Morgan fingerprint density at radius 3 is 2.79 bits per heavy atom. The summed E-state index contributed by atoms with van der Waals surface area (Å²) in [4.78, 5) is 11.8. The summed E-state index contributed by atoms with van der Waals surface area (Å²) in [6.07, 6.45) is 7.10. The number of aliphatic carboxylic acids is 1. The van der Waals surface area contributed by atoms with Gasteiger partial charge in [0.2, 0.25) is 0 Å². The van der Waals surface area contributed by atoms with Crippen LogP contribution < -0.4 is 0 Å². The van der Waals surface area contributed by atoms with Crippen molar-refractivity contribution in [3.05, 3.63) is 23.8 Å². The van der Waals surface area contributed by atoms with E-state index in [1.54, 1.807) is 13.8 Å². The van der Waals surface area contributed by atoms with Crippen LogP contribution in [0.3, 0.4) is 0 Å². The molecule has 2 nitrogen and oxygen atoms in total. The van der Waals surface area contributed by atoms with E-state index < -0.39 is 11.4 Å². The number of rotatable bonds is 3. The summed E-state index contributed by atoms with van der Waals surface area (Å²) in [5.41, 5.74) is 0.246. The Kier molecular flexibility index (Phi) is 3.21. The normalized spacial score (nSPS) is 16.7. The third-order valence-electron chi connectivity index (χ3n) is 2.31. The Bertz CT molecular complexity index is 324. The van der Waals surface area contributed by atoms with Gasteiger partial charge in [0.05, 0.1) is 5.41 Å². The molecule has 0 unspecified atom stereocenters. The highest BCUT2D eigenvalue weighted by Gasteiger charge is 2.29. The van der Waals surface area contributed by atoms with Crippen molar-refractivity contribution in [3.8, 4) is 0 Å². The highest BCUT2D eigenvalue weighted by molar-refractivity contribution is 7.80. The molecule has 0 aromatic rings. The average Bonchev–Trinajstić information content (AvgIpc) is 2.08. The molecule has 76 valence electrons. The van der Waals surface area contributed by atoms with E-state index in [-0.39, 0.29) is 0 Å². The predicted octanol–water partition coefficient (Wildman–Crippen LogP) is 2.74. The Labute approximate surface area is 89.3 Å². The Morgan fingerprint density at radius 2 is 2.29 bits per heavy atom. The van der Waals surface area contributed by atoms with E-state index in [2.05, 4.69) is 0 Å². The number of carboxylic acid groups (broad SMARTS) is 1. The Morgan fingerprint density at radius 1 is 1.64 bits per heavy atom.